The van der Waals surface area contributed by atoms with Crippen molar-refractivity contribution in [2.24, 2.45) is 0 Å². The number of hydrogen-bond acceptors (Lipinski definition) is 3. The molecule has 1 aromatic carbocycles. The highest BCUT2D eigenvalue weighted by atomic mass is 19.4. The summed E-state index contributed by atoms with van der Waals surface area (Å²) >= 11 is 0. The van der Waals surface area contributed by atoms with Gasteiger partial charge in [0.25, 0.3) is 5.91 Å². The average Bonchev–Trinajstić information content (AvgIpc) is 2.61. The molecule has 1 aliphatic rings. The monoisotopic (exact) mass is 336 g/mol. The van der Waals surface area contributed by atoms with Gasteiger partial charge in [-0.3, -0.25) is 9.78 Å². The molecule has 7 heteroatoms. The zero-order chi connectivity index (χ0) is 17.2. The maximum absolute atomic E-state index is 12.6. The lowest BCUT2D eigenvalue weighted by atomic mass is 10.0. The minimum Gasteiger partial charge on any atom is -0.370 e. The largest absolute Gasteiger partial charge is 0.416 e. The number of rotatable bonds is 2. The Labute approximate surface area is 136 Å². The van der Waals surface area contributed by atoms with Crippen molar-refractivity contribution in [3.63, 3.8) is 0 Å². The second-order valence-electron chi connectivity index (χ2n) is 5.45. The van der Waals surface area contributed by atoms with Crippen molar-refractivity contribution in [3.8, 4) is 0 Å². The van der Waals surface area contributed by atoms with E-state index in [9.17, 15) is 18.0 Å². The van der Waals surface area contributed by atoms with Gasteiger partial charge in [0.15, 0.2) is 0 Å². The average molecular weight is 336 g/mol. The Hall–Kier alpha value is -2.41. The van der Waals surface area contributed by atoms with Crippen molar-refractivity contribution in [2.75, 3.05) is 19.7 Å². The molecule has 0 bridgehead atoms. The van der Waals surface area contributed by atoms with Crippen LogP contribution in [0.3, 0.4) is 0 Å². The van der Waals surface area contributed by atoms with E-state index in [4.69, 9.17) is 4.74 Å². The molecule has 2 heterocycles. The summed E-state index contributed by atoms with van der Waals surface area (Å²) in [6.45, 7) is 1.03. The van der Waals surface area contributed by atoms with Crippen molar-refractivity contribution in [3.05, 3.63) is 65.5 Å². The van der Waals surface area contributed by atoms with Gasteiger partial charge in [0.2, 0.25) is 0 Å². The molecule has 1 amide bonds. The number of nitrogens with zero attached hydrogens (tertiary/aromatic N) is 2. The first-order valence-electron chi connectivity index (χ1n) is 7.44. The minimum absolute atomic E-state index is 0.212. The summed E-state index contributed by atoms with van der Waals surface area (Å²) in [6.07, 6.45) is -3.28. The number of carbonyl (C=O) groups excluding carboxylic acids is 1. The summed E-state index contributed by atoms with van der Waals surface area (Å²) in [5.41, 5.74) is 0.246. The number of ether oxygens (including phenoxy) is 1. The molecular formula is C17H15F3N2O2. The van der Waals surface area contributed by atoms with Crippen molar-refractivity contribution in [1.82, 2.24) is 9.88 Å². The number of carbonyl (C=O) groups is 1. The van der Waals surface area contributed by atoms with Gasteiger partial charge < -0.3 is 9.64 Å². The maximum atomic E-state index is 12.6. The topological polar surface area (TPSA) is 42.4 Å². The lowest BCUT2D eigenvalue weighted by molar-refractivity contribution is -0.137. The van der Waals surface area contributed by atoms with Crippen molar-refractivity contribution in [1.29, 1.82) is 0 Å². The molecule has 0 unspecified atom stereocenters. The maximum Gasteiger partial charge on any atom is 0.416 e. The van der Waals surface area contributed by atoms with E-state index in [0.717, 1.165) is 12.1 Å². The quantitative estimate of drug-likeness (QED) is 0.845. The summed E-state index contributed by atoms with van der Waals surface area (Å²) in [7, 11) is 0. The van der Waals surface area contributed by atoms with E-state index in [-0.39, 0.29) is 12.5 Å². The van der Waals surface area contributed by atoms with E-state index in [1.807, 2.05) is 0 Å². The second kappa shape index (κ2) is 6.60. The standard InChI is InChI=1S/C17H15F3N2O2/c18-17(19,20)13-6-4-12(5-7-13)15-11-22(9-10-24-15)16(23)14-3-1-2-8-21-14/h1-8,15H,9-11H2/t15-/m1/s1. The second-order valence-corrected chi connectivity index (χ2v) is 5.45. The number of amides is 1. The molecule has 1 fully saturated rings. The first-order valence-corrected chi connectivity index (χ1v) is 7.44. The van der Waals surface area contributed by atoms with Gasteiger partial charge in [-0.15, -0.1) is 0 Å². The van der Waals surface area contributed by atoms with Crippen LogP contribution in [0.5, 0.6) is 0 Å². The van der Waals surface area contributed by atoms with Crippen LogP contribution in [0.1, 0.15) is 27.7 Å². The molecule has 2 aromatic rings. The smallest absolute Gasteiger partial charge is 0.370 e. The molecule has 0 spiro atoms. The number of halogens is 3. The van der Waals surface area contributed by atoms with E-state index in [1.54, 1.807) is 29.3 Å². The van der Waals surface area contributed by atoms with Gasteiger partial charge in [-0.25, -0.2) is 0 Å². The molecule has 24 heavy (non-hydrogen) atoms. The number of benzene rings is 1. The Bertz CT molecular complexity index is 702. The van der Waals surface area contributed by atoms with Gasteiger partial charge in [-0.2, -0.15) is 13.2 Å². The van der Waals surface area contributed by atoms with E-state index in [1.165, 1.54) is 12.1 Å². The third kappa shape index (κ3) is 3.56. The minimum atomic E-state index is -4.37. The molecular weight excluding hydrogens is 321 g/mol. The molecule has 1 atom stereocenters. The molecule has 1 aliphatic heterocycles. The van der Waals surface area contributed by atoms with E-state index >= 15 is 0 Å². The van der Waals surface area contributed by atoms with Crippen LogP contribution >= 0.6 is 0 Å². The van der Waals surface area contributed by atoms with Crippen LogP contribution in [0.4, 0.5) is 13.2 Å². The van der Waals surface area contributed by atoms with Gasteiger partial charge in [0, 0.05) is 12.7 Å². The number of pyridine rings is 1. The first kappa shape index (κ1) is 16.4. The van der Waals surface area contributed by atoms with Crippen LogP contribution in [0.15, 0.2) is 48.7 Å². The molecule has 0 N–H and O–H groups in total. The third-order valence-corrected chi connectivity index (χ3v) is 3.85. The van der Waals surface area contributed by atoms with E-state index in [0.29, 0.717) is 24.4 Å². The predicted molar refractivity (Wildman–Crippen MR) is 80.3 cm³/mol. The Morgan fingerprint density at radius 2 is 1.92 bits per heavy atom. The predicted octanol–water partition coefficient (Wildman–Crippen LogP) is 3.31. The fourth-order valence-corrected chi connectivity index (χ4v) is 2.57. The molecule has 1 saturated heterocycles. The third-order valence-electron chi connectivity index (χ3n) is 3.85. The van der Waals surface area contributed by atoms with Crippen LogP contribution in [0.25, 0.3) is 0 Å². The van der Waals surface area contributed by atoms with E-state index < -0.39 is 17.8 Å². The van der Waals surface area contributed by atoms with Gasteiger partial charge in [-0.1, -0.05) is 18.2 Å². The zero-order valence-corrected chi connectivity index (χ0v) is 12.7. The summed E-state index contributed by atoms with van der Waals surface area (Å²) in [6, 6.07) is 9.92. The van der Waals surface area contributed by atoms with Crippen LogP contribution in [0, 0.1) is 0 Å². The SMILES string of the molecule is O=C(c1ccccn1)N1CCO[C@@H](c2ccc(C(F)(F)F)cc2)C1. The van der Waals surface area contributed by atoms with Crippen LogP contribution < -0.4 is 0 Å². The highest BCUT2D eigenvalue weighted by Crippen LogP contribution is 2.31. The number of morpholine rings is 1. The van der Waals surface area contributed by atoms with Gasteiger partial charge >= 0.3 is 6.18 Å². The highest BCUT2D eigenvalue weighted by Gasteiger charge is 2.31. The van der Waals surface area contributed by atoms with E-state index in [2.05, 4.69) is 4.98 Å². The van der Waals surface area contributed by atoms with Crippen LogP contribution in [0.2, 0.25) is 0 Å². The molecule has 4 nitrogen and oxygen atoms in total. The number of alkyl halides is 3. The van der Waals surface area contributed by atoms with Gasteiger partial charge in [0.05, 0.1) is 18.7 Å². The summed E-state index contributed by atoms with van der Waals surface area (Å²) < 4.78 is 43.5. The molecule has 126 valence electrons. The van der Waals surface area contributed by atoms with Gasteiger partial charge in [-0.05, 0) is 29.8 Å². The number of hydrogen-bond donors (Lipinski definition) is 0. The lowest BCUT2D eigenvalue weighted by Gasteiger charge is -2.33. The summed E-state index contributed by atoms with van der Waals surface area (Å²) in [5, 5.41) is 0. The Kier molecular flexibility index (Phi) is 4.53. The molecule has 1 aromatic heterocycles. The lowest BCUT2D eigenvalue weighted by Crippen LogP contribution is -2.42. The molecule has 0 aliphatic carbocycles. The number of aromatic nitrogens is 1. The molecule has 0 radical (unpaired) electrons. The molecule has 0 saturated carbocycles. The Morgan fingerprint density at radius 1 is 1.17 bits per heavy atom. The Morgan fingerprint density at radius 3 is 2.54 bits per heavy atom. The first-order chi connectivity index (χ1) is 11.4. The Balaban J connectivity index is 1.73. The highest BCUT2D eigenvalue weighted by molar-refractivity contribution is 5.92. The fraction of sp³-hybridized carbons (Fsp3) is 0.294. The van der Waals surface area contributed by atoms with Crippen molar-refractivity contribution >= 4 is 5.91 Å². The van der Waals surface area contributed by atoms with Gasteiger partial charge in [0.1, 0.15) is 11.8 Å². The zero-order valence-electron chi connectivity index (χ0n) is 12.7. The summed E-state index contributed by atoms with van der Waals surface area (Å²) in [4.78, 5) is 18.1. The van der Waals surface area contributed by atoms with Crippen molar-refractivity contribution in [2.45, 2.75) is 12.3 Å². The van der Waals surface area contributed by atoms with Crippen molar-refractivity contribution < 1.29 is 22.7 Å². The fourth-order valence-electron chi connectivity index (χ4n) is 2.57. The van der Waals surface area contributed by atoms with Crippen LogP contribution in [-0.2, 0) is 10.9 Å². The van der Waals surface area contributed by atoms with Crippen LogP contribution in [-0.4, -0.2) is 35.5 Å². The molecule has 3 rings (SSSR count). The normalized spacial score (nSPS) is 18.5. The summed E-state index contributed by atoms with van der Waals surface area (Å²) in [5.74, 6) is -0.212.